The van der Waals surface area contributed by atoms with Gasteiger partial charge in [-0.05, 0) is 23.3 Å². The van der Waals surface area contributed by atoms with Crippen LogP contribution in [0.5, 0.6) is 0 Å². The lowest BCUT2D eigenvalue weighted by Gasteiger charge is -2.26. The molecule has 1 saturated heterocycles. The Hall–Kier alpha value is -0.870. The summed E-state index contributed by atoms with van der Waals surface area (Å²) >= 11 is 1.72. The third-order valence-electron chi connectivity index (χ3n) is 3.88. The van der Waals surface area contributed by atoms with E-state index in [1.165, 1.54) is 4.88 Å². The number of thiophene rings is 1. The SMILES string of the molecule is CCC(C)CN1C(=O)C(C(C)C)NC1c1cccs1. The fraction of sp³-hybridized carbons (Fsp3) is 0.667. The van der Waals surface area contributed by atoms with Crippen LogP contribution in [0.4, 0.5) is 0 Å². The molecule has 1 amide bonds. The summed E-state index contributed by atoms with van der Waals surface area (Å²) in [6.07, 6.45) is 1.17. The van der Waals surface area contributed by atoms with E-state index in [0.29, 0.717) is 11.8 Å². The monoisotopic (exact) mass is 280 g/mol. The van der Waals surface area contributed by atoms with Gasteiger partial charge in [-0.15, -0.1) is 11.3 Å². The van der Waals surface area contributed by atoms with E-state index in [1.54, 1.807) is 11.3 Å². The predicted molar refractivity (Wildman–Crippen MR) is 80.0 cm³/mol. The molecule has 0 aromatic carbocycles. The van der Waals surface area contributed by atoms with Crippen molar-refractivity contribution in [3.05, 3.63) is 22.4 Å². The molecule has 2 rings (SSSR count). The zero-order chi connectivity index (χ0) is 14.0. The van der Waals surface area contributed by atoms with Crippen LogP contribution in [0.15, 0.2) is 17.5 Å². The lowest BCUT2D eigenvalue weighted by molar-refractivity contribution is -0.131. The molecule has 19 heavy (non-hydrogen) atoms. The van der Waals surface area contributed by atoms with Crippen LogP contribution >= 0.6 is 11.3 Å². The Bertz CT molecular complexity index is 416. The Morgan fingerprint density at radius 3 is 2.68 bits per heavy atom. The number of carbonyl (C=O) groups excluding carboxylic acids is 1. The first-order valence-corrected chi connectivity index (χ1v) is 8.02. The topological polar surface area (TPSA) is 32.3 Å². The van der Waals surface area contributed by atoms with Crippen molar-refractivity contribution in [1.82, 2.24) is 10.2 Å². The van der Waals surface area contributed by atoms with Gasteiger partial charge in [-0.1, -0.05) is 40.2 Å². The highest BCUT2D eigenvalue weighted by Gasteiger charge is 2.41. The van der Waals surface area contributed by atoms with E-state index in [0.717, 1.165) is 13.0 Å². The highest BCUT2D eigenvalue weighted by atomic mass is 32.1. The maximum Gasteiger partial charge on any atom is 0.241 e. The van der Waals surface area contributed by atoms with Crippen LogP contribution in [0.1, 0.15) is 45.2 Å². The fourth-order valence-electron chi connectivity index (χ4n) is 2.46. The van der Waals surface area contributed by atoms with Crippen molar-refractivity contribution < 1.29 is 4.79 Å². The molecule has 0 saturated carbocycles. The summed E-state index contributed by atoms with van der Waals surface area (Å²) in [5.74, 6) is 1.13. The Balaban J connectivity index is 2.21. The fourth-order valence-corrected chi connectivity index (χ4v) is 3.25. The summed E-state index contributed by atoms with van der Waals surface area (Å²) in [7, 11) is 0. The second kappa shape index (κ2) is 6.06. The molecule has 3 nitrogen and oxygen atoms in total. The third-order valence-corrected chi connectivity index (χ3v) is 4.81. The molecular formula is C15H24N2OS. The third kappa shape index (κ3) is 3.00. The number of carbonyl (C=O) groups is 1. The molecule has 3 atom stereocenters. The molecule has 0 bridgehead atoms. The van der Waals surface area contributed by atoms with Crippen molar-refractivity contribution >= 4 is 17.2 Å². The zero-order valence-corrected chi connectivity index (χ0v) is 13.0. The van der Waals surface area contributed by atoms with Gasteiger partial charge in [0.1, 0.15) is 6.17 Å². The summed E-state index contributed by atoms with van der Waals surface area (Å²) in [6.45, 7) is 9.44. The zero-order valence-electron chi connectivity index (χ0n) is 12.2. The molecule has 106 valence electrons. The van der Waals surface area contributed by atoms with Gasteiger partial charge in [0, 0.05) is 11.4 Å². The molecule has 0 aliphatic carbocycles. The Kier molecular flexibility index (Phi) is 4.63. The van der Waals surface area contributed by atoms with Gasteiger partial charge in [0.15, 0.2) is 0 Å². The molecule has 3 unspecified atom stereocenters. The normalized spacial score (nSPS) is 25.3. The second-order valence-electron chi connectivity index (χ2n) is 5.81. The van der Waals surface area contributed by atoms with Crippen LogP contribution in [-0.2, 0) is 4.79 Å². The minimum atomic E-state index is -0.0452. The van der Waals surface area contributed by atoms with Crippen molar-refractivity contribution in [3.63, 3.8) is 0 Å². The Labute approximate surface area is 120 Å². The second-order valence-corrected chi connectivity index (χ2v) is 6.79. The predicted octanol–water partition coefficient (Wildman–Crippen LogP) is 3.25. The van der Waals surface area contributed by atoms with Gasteiger partial charge in [0.2, 0.25) is 5.91 Å². The van der Waals surface area contributed by atoms with E-state index in [1.807, 2.05) is 4.90 Å². The van der Waals surface area contributed by atoms with Gasteiger partial charge in [-0.3, -0.25) is 10.1 Å². The van der Waals surface area contributed by atoms with E-state index >= 15 is 0 Å². The summed E-state index contributed by atoms with van der Waals surface area (Å²) in [6, 6.07) is 4.12. The summed E-state index contributed by atoms with van der Waals surface area (Å²) in [4.78, 5) is 15.8. The highest BCUT2D eigenvalue weighted by Crippen LogP contribution is 2.31. The van der Waals surface area contributed by atoms with Crippen molar-refractivity contribution in [3.8, 4) is 0 Å². The number of nitrogens with zero attached hydrogens (tertiary/aromatic N) is 1. The van der Waals surface area contributed by atoms with Gasteiger partial charge in [-0.25, -0.2) is 0 Å². The van der Waals surface area contributed by atoms with Gasteiger partial charge < -0.3 is 4.90 Å². The van der Waals surface area contributed by atoms with Crippen LogP contribution in [0, 0.1) is 11.8 Å². The van der Waals surface area contributed by atoms with Gasteiger partial charge >= 0.3 is 0 Å². The van der Waals surface area contributed by atoms with E-state index in [9.17, 15) is 4.79 Å². The Morgan fingerprint density at radius 1 is 1.42 bits per heavy atom. The van der Waals surface area contributed by atoms with Crippen molar-refractivity contribution in [2.75, 3.05) is 6.54 Å². The molecule has 1 aromatic rings. The number of amides is 1. The van der Waals surface area contributed by atoms with Gasteiger partial charge in [0.05, 0.1) is 6.04 Å². The summed E-state index contributed by atoms with van der Waals surface area (Å²) < 4.78 is 0. The number of rotatable bonds is 5. The smallest absolute Gasteiger partial charge is 0.241 e. The number of hydrogen-bond donors (Lipinski definition) is 1. The lowest BCUT2D eigenvalue weighted by Crippen LogP contribution is -2.36. The largest absolute Gasteiger partial charge is 0.320 e. The van der Waals surface area contributed by atoms with Crippen molar-refractivity contribution in [2.45, 2.75) is 46.3 Å². The summed E-state index contributed by atoms with van der Waals surface area (Å²) in [5.41, 5.74) is 0. The van der Waals surface area contributed by atoms with Crippen molar-refractivity contribution in [1.29, 1.82) is 0 Å². The van der Waals surface area contributed by atoms with E-state index in [-0.39, 0.29) is 18.1 Å². The molecule has 1 fully saturated rings. The minimum absolute atomic E-state index is 0.0452. The molecule has 0 radical (unpaired) electrons. The first kappa shape index (κ1) is 14.5. The minimum Gasteiger partial charge on any atom is -0.320 e. The average molecular weight is 280 g/mol. The average Bonchev–Trinajstić information content (AvgIpc) is 2.98. The molecule has 2 heterocycles. The highest BCUT2D eigenvalue weighted by molar-refractivity contribution is 7.10. The molecule has 0 spiro atoms. The maximum atomic E-state index is 12.6. The number of hydrogen-bond acceptors (Lipinski definition) is 3. The van der Waals surface area contributed by atoms with Crippen LogP contribution in [0.3, 0.4) is 0 Å². The van der Waals surface area contributed by atoms with Gasteiger partial charge in [-0.2, -0.15) is 0 Å². The molecule has 1 N–H and O–H groups in total. The van der Waals surface area contributed by atoms with Crippen LogP contribution < -0.4 is 5.32 Å². The maximum absolute atomic E-state index is 12.6. The molecular weight excluding hydrogens is 256 g/mol. The van der Waals surface area contributed by atoms with Gasteiger partial charge in [0.25, 0.3) is 0 Å². The van der Waals surface area contributed by atoms with E-state index in [4.69, 9.17) is 0 Å². The first-order valence-electron chi connectivity index (χ1n) is 7.14. The van der Waals surface area contributed by atoms with E-state index in [2.05, 4.69) is 50.5 Å². The molecule has 1 aromatic heterocycles. The summed E-state index contributed by atoms with van der Waals surface area (Å²) in [5, 5.41) is 5.58. The quantitative estimate of drug-likeness (QED) is 0.898. The van der Waals surface area contributed by atoms with Crippen LogP contribution in [-0.4, -0.2) is 23.4 Å². The Morgan fingerprint density at radius 2 is 2.16 bits per heavy atom. The number of nitrogens with one attached hydrogen (secondary N) is 1. The van der Waals surface area contributed by atoms with Crippen LogP contribution in [0.2, 0.25) is 0 Å². The van der Waals surface area contributed by atoms with E-state index < -0.39 is 0 Å². The molecule has 4 heteroatoms. The van der Waals surface area contributed by atoms with Crippen molar-refractivity contribution in [2.24, 2.45) is 11.8 Å². The standard InChI is InChI=1S/C15H24N2OS/c1-5-11(4)9-17-14(12-7-6-8-19-12)16-13(10(2)3)15(17)18/h6-8,10-11,13-14,16H,5,9H2,1-4H3. The molecule has 1 aliphatic heterocycles. The van der Waals surface area contributed by atoms with Crippen LogP contribution in [0.25, 0.3) is 0 Å². The molecule has 1 aliphatic rings. The lowest BCUT2D eigenvalue weighted by atomic mass is 10.0. The first-order chi connectivity index (χ1) is 9.04.